The van der Waals surface area contributed by atoms with Crippen molar-refractivity contribution in [1.29, 1.82) is 0 Å². The first kappa shape index (κ1) is 16.8. The summed E-state index contributed by atoms with van der Waals surface area (Å²) in [4.78, 5) is 14.0. The van der Waals surface area contributed by atoms with Crippen LogP contribution in [0.25, 0.3) is 6.08 Å². The van der Waals surface area contributed by atoms with Gasteiger partial charge in [-0.3, -0.25) is 4.79 Å². The van der Waals surface area contributed by atoms with Crippen LogP contribution in [0.3, 0.4) is 0 Å². The molecule has 0 spiro atoms. The van der Waals surface area contributed by atoms with Crippen molar-refractivity contribution in [2.24, 2.45) is 0 Å². The van der Waals surface area contributed by atoms with Gasteiger partial charge in [-0.1, -0.05) is 18.2 Å². The van der Waals surface area contributed by atoms with E-state index in [1.807, 2.05) is 31.1 Å². The van der Waals surface area contributed by atoms with Gasteiger partial charge in [-0.15, -0.1) is 0 Å². The first-order valence-electron chi connectivity index (χ1n) is 6.94. The molecular formula is C18H16F3NO. The van der Waals surface area contributed by atoms with E-state index in [9.17, 15) is 18.0 Å². The van der Waals surface area contributed by atoms with Gasteiger partial charge in [0.15, 0.2) is 5.78 Å². The highest BCUT2D eigenvalue weighted by atomic mass is 19.4. The van der Waals surface area contributed by atoms with E-state index in [0.29, 0.717) is 11.1 Å². The number of halogens is 3. The maximum atomic E-state index is 12.5. The van der Waals surface area contributed by atoms with Gasteiger partial charge < -0.3 is 4.90 Å². The second-order valence-electron chi connectivity index (χ2n) is 5.26. The van der Waals surface area contributed by atoms with E-state index in [2.05, 4.69) is 0 Å². The zero-order valence-corrected chi connectivity index (χ0v) is 12.8. The van der Waals surface area contributed by atoms with Gasteiger partial charge in [0.2, 0.25) is 0 Å². The summed E-state index contributed by atoms with van der Waals surface area (Å²) >= 11 is 0. The minimum atomic E-state index is -4.35. The van der Waals surface area contributed by atoms with E-state index in [1.165, 1.54) is 24.3 Å². The molecule has 0 saturated carbocycles. The lowest BCUT2D eigenvalue weighted by molar-refractivity contribution is -0.137. The van der Waals surface area contributed by atoms with Crippen molar-refractivity contribution in [2.45, 2.75) is 6.18 Å². The average Bonchev–Trinajstić information content (AvgIpc) is 2.52. The zero-order chi connectivity index (χ0) is 17.0. The molecule has 2 nitrogen and oxygen atoms in total. The number of ketones is 1. The van der Waals surface area contributed by atoms with E-state index >= 15 is 0 Å². The summed E-state index contributed by atoms with van der Waals surface area (Å²) in [5.74, 6) is -0.199. The van der Waals surface area contributed by atoms with Gasteiger partial charge >= 0.3 is 6.18 Å². The minimum Gasteiger partial charge on any atom is -0.378 e. The molecule has 0 heterocycles. The molecule has 2 rings (SSSR count). The molecule has 0 aliphatic carbocycles. The summed E-state index contributed by atoms with van der Waals surface area (Å²) in [6, 6.07) is 11.8. The Hall–Kier alpha value is -2.56. The first-order valence-corrected chi connectivity index (χ1v) is 6.94. The monoisotopic (exact) mass is 319 g/mol. The molecule has 2 aromatic carbocycles. The molecule has 0 aliphatic rings. The number of nitrogens with zero attached hydrogens (tertiary/aromatic N) is 1. The number of hydrogen-bond donors (Lipinski definition) is 0. The highest BCUT2D eigenvalue weighted by Crippen LogP contribution is 2.29. The van der Waals surface area contributed by atoms with E-state index in [-0.39, 0.29) is 5.78 Å². The zero-order valence-electron chi connectivity index (χ0n) is 12.8. The van der Waals surface area contributed by atoms with Crippen LogP contribution in [-0.2, 0) is 6.18 Å². The molecule has 23 heavy (non-hydrogen) atoms. The van der Waals surface area contributed by atoms with Crippen molar-refractivity contribution >= 4 is 17.5 Å². The molecule has 0 aliphatic heterocycles. The van der Waals surface area contributed by atoms with E-state index in [1.54, 1.807) is 12.1 Å². The van der Waals surface area contributed by atoms with Crippen LogP contribution >= 0.6 is 0 Å². The Bertz CT molecular complexity index is 699. The Balaban J connectivity index is 2.08. The van der Waals surface area contributed by atoms with Crippen molar-refractivity contribution in [3.8, 4) is 0 Å². The molecule has 0 saturated heterocycles. The van der Waals surface area contributed by atoms with Crippen molar-refractivity contribution in [2.75, 3.05) is 19.0 Å². The summed E-state index contributed by atoms with van der Waals surface area (Å²) in [5, 5.41) is 0. The van der Waals surface area contributed by atoms with E-state index in [4.69, 9.17) is 0 Å². The van der Waals surface area contributed by atoms with Crippen LogP contribution in [0.4, 0.5) is 18.9 Å². The molecule has 0 fully saturated rings. The predicted octanol–water partition coefficient (Wildman–Crippen LogP) is 4.67. The molecule has 5 heteroatoms. The lowest BCUT2D eigenvalue weighted by Gasteiger charge is -2.11. The molecule has 2 aromatic rings. The quantitative estimate of drug-likeness (QED) is 0.603. The lowest BCUT2D eigenvalue weighted by atomic mass is 10.1. The number of allylic oxidation sites excluding steroid dienone is 1. The Kier molecular flexibility index (Phi) is 4.89. The average molecular weight is 319 g/mol. The van der Waals surface area contributed by atoms with Crippen LogP contribution in [0.15, 0.2) is 54.6 Å². The first-order chi connectivity index (χ1) is 10.8. The fraction of sp³-hybridized carbons (Fsp3) is 0.167. The van der Waals surface area contributed by atoms with Crippen molar-refractivity contribution in [3.05, 3.63) is 71.3 Å². The van der Waals surface area contributed by atoms with Crippen LogP contribution in [0.1, 0.15) is 21.5 Å². The molecule has 0 bridgehead atoms. The van der Waals surface area contributed by atoms with Gasteiger partial charge in [-0.2, -0.15) is 13.2 Å². The molecular weight excluding hydrogens is 303 g/mol. The summed E-state index contributed by atoms with van der Waals surface area (Å²) in [6.07, 6.45) is -1.50. The topological polar surface area (TPSA) is 20.3 Å². The number of alkyl halides is 3. The lowest BCUT2D eigenvalue weighted by Crippen LogP contribution is -2.08. The second kappa shape index (κ2) is 6.69. The predicted molar refractivity (Wildman–Crippen MR) is 85.6 cm³/mol. The Morgan fingerprint density at radius 3 is 2.00 bits per heavy atom. The molecule has 120 valence electrons. The summed E-state index contributed by atoms with van der Waals surface area (Å²) < 4.78 is 37.4. The third-order valence-corrected chi connectivity index (χ3v) is 3.33. The number of carbonyl (C=O) groups excluding carboxylic acids is 1. The summed E-state index contributed by atoms with van der Waals surface area (Å²) in [6.45, 7) is 0. The summed E-state index contributed by atoms with van der Waals surface area (Å²) in [7, 11) is 3.81. The smallest absolute Gasteiger partial charge is 0.378 e. The van der Waals surface area contributed by atoms with E-state index < -0.39 is 11.7 Å². The van der Waals surface area contributed by atoms with Gasteiger partial charge in [0.1, 0.15) is 0 Å². The molecule has 0 N–H and O–H groups in total. The fourth-order valence-electron chi connectivity index (χ4n) is 1.98. The number of rotatable bonds is 4. The Morgan fingerprint density at radius 1 is 0.957 bits per heavy atom. The summed E-state index contributed by atoms with van der Waals surface area (Å²) in [5.41, 5.74) is 1.34. The normalized spacial score (nSPS) is 11.7. The fourth-order valence-corrected chi connectivity index (χ4v) is 1.98. The van der Waals surface area contributed by atoms with Gasteiger partial charge in [-0.05, 0) is 48.0 Å². The molecule has 0 amide bonds. The van der Waals surface area contributed by atoms with Gasteiger partial charge in [0, 0.05) is 25.3 Å². The molecule has 0 unspecified atom stereocenters. The minimum absolute atomic E-state index is 0.199. The van der Waals surface area contributed by atoms with Crippen molar-refractivity contribution in [1.82, 2.24) is 0 Å². The maximum Gasteiger partial charge on any atom is 0.416 e. The number of carbonyl (C=O) groups is 1. The number of anilines is 1. The van der Waals surface area contributed by atoms with E-state index in [0.717, 1.165) is 17.8 Å². The van der Waals surface area contributed by atoms with Crippen molar-refractivity contribution in [3.63, 3.8) is 0 Å². The van der Waals surface area contributed by atoms with Crippen LogP contribution in [0.5, 0.6) is 0 Å². The van der Waals surface area contributed by atoms with Crippen LogP contribution in [-0.4, -0.2) is 19.9 Å². The molecule has 0 aromatic heterocycles. The van der Waals surface area contributed by atoms with Crippen molar-refractivity contribution < 1.29 is 18.0 Å². The molecule has 0 atom stereocenters. The SMILES string of the molecule is CN(C)c1ccc(C(=O)/C=C/c2ccc(C(F)(F)F)cc2)cc1. The van der Waals surface area contributed by atoms with Crippen LogP contribution < -0.4 is 4.90 Å². The highest BCUT2D eigenvalue weighted by Gasteiger charge is 2.29. The maximum absolute atomic E-state index is 12.5. The van der Waals surface area contributed by atoms with Gasteiger partial charge in [0.25, 0.3) is 0 Å². The standard InChI is InChI=1S/C18H16F3NO/c1-22(2)16-10-6-14(7-11-16)17(23)12-5-13-3-8-15(9-4-13)18(19,20)21/h3-12H,1-2H3/b12-5+. The number of hydrogen-bond acceptors (Lipinski definition) is 2. The van der Waals surface area contributed by atoms with Crippen LogP contribution in [0, 0.1) is 0 Å². The second-order valence-corrected chi connectivity index (χ2v) is 5.26. The number of benzene rings is 2. The highest BCUT2D eigenvalue weighted by molar-refractivity contribution is 6.06. The third kappa shape index (κ3) is 4.45. The largest absolute Gasteiger partial charge is 0.416 e. The third-order valence-electron chi connectivity index (χ3n) is 3.33. The molecule has 0 radical (unpaired) electrons. The Labute approximate surface area is 132 Å². The van der Waals surface area contributed by atoms with Gasteiger partial charge in [0.05, 0.1) is 5.56 Å². The van der Waals surface area contributed by atoms with Gasteiger partial charge in [-0.25, -0.2) is 0 Å². The van der Waals surface area contributed by atoms with Crippen LogP contribution in [0.2, 0.25) is 0 Å². The Morgan fingerprint density at radius 2 is 1.52 bits per heavy atom.